The van der Waals surface area contributed by atoms with E-state index < -0.39 is 11.9 Å². The zero-order valence-corrected chi connectivity index (χ0v) is 10.9. The number of nitrogens with one attached hydrogen (secondary N) is 1. The van der Waals surface area contributed by atoms with Gasteiger partial charge < -0.3 is 20.3 Å². The van der Waals surface area contributed by atoms with Gasteiger partial charge >= 0.3 is 11.9 Å². The third kappa shape index (κ3) is 11.2. The van der Waals surface area contributed by atoms with Crippen LogP contribution in [0.1, 0.15) is 12.8 Å². The maximum atomic E-state index is 11.5. The number of aliphatic carboxylic acids is 2. The predicted molar refractivity (Wildman–Crippen MR) is 65.8 cm³/mol. The van der Waals surface area contributed by atoms with Gasteiger partial charge in [0, 0.05) is 26.7 Å². The Hall–Kier alpha value is -1.67. The Kier molecular flexibility index (Phi) is 9.37. The van der Waals surface area contributed by atoms with Gasteiger partial charge in [0.15, 0.2) is 0 Å². The van der Waals surface area contributed by atoms with E-state index in [0.29, 0.717) is 13.2 Å². The molecule has 0 saturated heterocycles. The third-order valence-electron chi connectivity index (χ3n) is 2.28. The van der Waals surface area contributed by atoms with Gasteiger partial charge in [-0.25, -0.2) is 0 Å². The number of ether oxygens (including phenoxy) is 1. The summed E-state index contributed by atoms with van der Waals surface area (Å²) in [6, 6.07) is 0. The summed E-state index contributed by atoms with van der Waals surface area (Å²) in [5, 5.41) is 19.8. The van der Waals surface area contributed by atoms with Gasteiger partial charge in [0.1, 0.15) is 0 Å². The fourth-order valence-corrected chi connectivity index (χ4v) is 1.33. The van der Waals surface area contributed by atoms with Crippen molar-refractivity contribution in [1.29, 1.82) is 0 Å². The minimum atomic E-state index is -0.986. The molecular formula is C11H20N2O6. The highest BCUT2D eigenvalue weighted by molar-refractivity contribution is 5.78. The molecule has 0 saturated carbocycles. The van der Waals surface area contributed by atoms with Gasteiger partial charge in [-0.2, -0.15) is 0 Å². The summed E-state index contributed by atoms with van der Waals surface area (Å²) in [4.78, 5) is 34.0. The number of nitrogens with zero attached hydrogens (tertiary/aromatic N) is 1. The van der Waals surface area contributed by atoms with E-state index in [0.717, 1.165) is 0 Å². The quantitative estimate of drug-likeness (QED) is 0.414. The molecule has 8 heteroatoms. The largest absolute Gasteiger partial charge is 0.481 e. The van der Waals surface area contributed by atoms with E-state index in [1.54, 1.807) is 0 Å². The molecule has 19 heavy (non-hydrogen) atoms. The lowest BCUT2D eigenvalue weighted by Gasteiger charge is -2.20. The average Bonchev–Trinajstić information content (AvgIpc) is 2.32. The molecule has 0 fully saturated rings. The van der Waals surface area contributed by atoms with Gasteiger partial charge in [-0.15, -0.1) is 0 Å². The van der Waals surface area contributed by atoms with Gasteiger partial charge in [-0.3, -0.25) is 19.3 Å². The molecule has 0 aromatic rings. The van der Waals surface area contributed by atoms with Gasteiger partial charge in [0.05, 0.1) is 26.0 Å². The average molecular weight is 276 g/mol. The molecule has 0 aliphatic heterocycles. The van der Waals surface area contributed by atoms with E-state index in [1.165, 1.54) is 12.0 Å². The van der Waals surface area contributed by atoms with Crippen molar-refractivity contribution in [3.05, 3.63) is 0 Å². The second-order valence-corrected chi connectivity index (χ2v) is 3.91. The van der Waals surface area contributed by atoms with Crippen LogP contribution < -0.4 is 5.32 Å². The number of carboxylic acids is 2. The Morgan fingerprint density at radius 2 is 1.63 bits per heavy atom. The molecule has 3 N–H and O–H groups in total. The molecule has 0 spiro atoms. The van der Waals surface area contributed by atoms with E-state index in [4.69, 9.17) is 14.9 Å². The van der Waals surface area contributed by atoms with Gasteiger partial charge in [0.2, 0.25) is 5.91 Å². The summed E-state index contributed by atoms with van der Waals surface area (Å²) in [6.07, 6.45) is -0.268. The summed E-state index contributed by atoms with van der Waals surface area (Å²) in [6.45, 7) is 1.00. The summed E-state index contributed by atoms with van der Waals surface area (Å²) in [5.74, 6) is -2.26. The lowest BCUT2D eigenvalue weighted by atomic mass is 10.3. The molecule has 0 atom stereocenters. The van der Waals surface area contributed by atoms with Crippen LogP contribution in [0.25, 0.3) is 0 Å². The van der Waals surface area contributed by atoms with Crippen molar-refractivity contribution >= 4 is 17.8 Å². The molecular weight excluding hydrogens is 256 g/mol. The fourth-order valence-electron chi connectivity index (χ4n) is 1.33. The van der Waals surface area contributed by atoms with E-state index in [1.807, 2.05) is 0 Å². The smallest absolute Gasteiger partial charge is 0.304 e. The zero-order valence-electron chi connectivity index (χ0n) is 10.9. The Labute approximate surface area is 111 Å². The number of hydrogen-bond acceptors (Lipinski definition) is 5. The number of hydrogen-bond donors (Lipinski definition) is 3. The van der Waals surface area contributed by atoms with Gasteiger partial charge in [-0.1, -0.05) is 0 Å². The Balaban J connectivity index is 4.11. The van der Waals surface area contributed by atoms with Crippen molar-refractivity contribution in [2.24, 2.45) is 0 Å². The van der Waals surface area contributed by atoms with Crippen LogP contribution >= 0.6 is 0 Å². The molecule has 0 unspecified atom stereocenters. The minimum Gasteiger partial charge on any atom is -0.481 e. The molecule has 0 aromatic carbocycles. The first-order valence-electron chi connectivity index (χ1n) is 5.87. The number of rotatable bonds is 11. The van der Waals surface area contributed by atoms with E-state index >= 15 is 0 Å². The Morgan fingerprint density at radius 3 is 2.05 bits per heavy atom. The molecule has 110 valence electrons. The standard InChI is InChI=1S/C11H20N2O6/c1-19-7-4-12-9(14)8-13(5-2-10(15)16)6-3-11(17)18/h2-8H2,1H3,(H,12,14)(H,15,16)(H,17,18). The molecule has 8 nitrogen and oxygen atoms in total. The molecule has 0 aliphatic carbocycles. The second kappa shape index (κ2) is 10.3. The Morgan fingerprint density at radius 1 is 1.11 bits per heavy atom. The zero-order chi connectivity index (χ0) is 14.7. The first-order chi connectivity index (χ1) is 8.95. The molecule has 0 aromatic heterocycles. The van der Waals surface area contributed by atoms with Crippen LogP contribution in [0, 0.1) is 0 Å². The van der Waals surface area contributed by atoms with Crippen LogP contribution in [0.5, 0.6) is 0 Å². The van der Waals surface area contributed by atoms with Crippen molar-refractivity contribution in [2.75, 3.05) is 39.9 Å². The Bertz CT molecular complexity index is 290. The number of carbonyl (C=O) groups is 3. The summed E-state index contributed by atoms with van der Waals surface area (Å²) < 4.78 is 4.77. The SMILES string of the molecule is COCCNC(=O)CN(CCC(=O)O)CCC(=O)O. The summed E-state index contributed by atoms with van der Waals surface area (Å²) in [7, 11) is 1.51. The molecule has 1 amide bonds. The second-order valence-electron chi connectivity index (χ2n) is 3.91. The minimum absolute atomic E-state index is 0.0235. The van der Waals surface area contributed by atoms with Crippen LogP contribution in [0.3, 0.4) is 0 Å². The molecule has 0 heterocycles. The normalized spacial score (nSPS) is 10.4. The van der Waals surface area contributed by atoms with Crippen LogP contribution in [0.15, 0.2) is 0 Å². The molecule has 0 rings (SSSR count). The lowest BCUT2D eigenvalue weighted by Crippen LogP contribution is -2.40. The topological polar surface area (TPSA) is 116 Å². The fraction of sp³-hybridized carbons (Fsp3) is 0.727. The molecule has 0 aliphatic rings. The van der Waals surface area contributed by atoms with E-state index in [9.17, 15) is 14.4 Å². The highest BCUT2D eigenvalue weighted by Gasteiger charge is 2.13. The van der Waals surface area contributed by atoms with Gasteiger partial charge in [0.25, 0.3) is 0 Å². The third-order valence-corrected chi connectivity index (χ3v) is 2.28. The highest BCUT2D eigenvalue weighted by Crippen LogP contribution is 1.95. The highest BCUT2D eigenvalue weighted by atomic mass is 16.5. The van der Waals surface area contributed by atoms with Crippen LogP contribution in [-0.2, 0) is 19.1 Å². The van der Waals surface area contributed by atoms with E-state index in [2.05, 4.69) is 5.32 Å². The van der Waals surface area contributed by atoms with Crippen molar-refractivity contribution in [3.8, 4) is 0 Å². The van der Waals surface area contributed by atoms with Crippen molar-refractivity contribution in [2.45, 2.75) is 12.8 Å². The number of amides is 1. The maximum absolute atomic E-state index is 11.5. The van der Waals surface area contributed by atoms with Crippen molar-refractivity contribution < 1.29 is 29.3 Å². The number of methoxy groups -OCH3 is 1. The maximum Gasteiger partial charge on any atom is 0.304 e. The van der Waals surface area contributed by atoms with E-state index in [-0.39, 0.29) is 38.4 Å². The first-order valence-corrected chi connectivity index (χ1v) is 5.87. The summed E-state index contributed by atoms with van der Waals surface area (Å²) in [5.41, 5.74) is 0. The van der Waals surface area contributed by atoms with Crippen LogP contribution in [0.2, 0.25) is 0 Å². The van der Waals surface area contributed by atoms with Crippen molar-refractivity contribution in [3.63, 3.8) is 0 Å². The molecule has 0 radical (unpaired) electrons. The van der Waals surface area contributed by atoms with Gasteiger partial charge in [-0.05, 0) is 0 Å². The number of carboxylic acid groups (broad SMARTS) is 2. The van der Waals surface area contributed by atoms with Crippen LogP contribution in [-0.4, -0.2) is 72.9 Å². The monoisotopic (exact) mass is 276 g/mol. The first kappa shape index (κ1) is 17.3. The summed E-state index contributed by atoms with van der Waals surface area (Å²) >= 11 is 0. The van der Waals surface area contributed by atoms with Crippen LogP contribution in [0.4, 0.5) is 0 Å². The number of carbonyl (C=O) groups excluding carboxylic acids is 1. The molecule has 0 bridgehead atoms. The van der Waals surface area contributed by atoms with Crippen molar-refractivity contribution in [1.82, 2.24) is 10.2 Å². The predicted octanol–water partition coefficient (Wildman–Crippen LogP) is -1.000. The lowest BCUT2D eigenvalue weighted by molar-refractivity contribution is -0.138.